The van der Waals surface area contributed by atoms with E-state index in [9.17, 15) is 13.2 Å². The minimum Gasteiger partial charge on any atom is -0.354 e. The summed E-state index contributed by atoms with van der Waals surface area (Å²) in [5, 5.41) is 4.58. The van der Waals surface area contributed by atoms with Crippen LogP contribution in [-0.4, -0.2) is 37.8 Å². The van der Waals surface area contributed by atoms with Gasteiger partial charge in [0.1, 0.15) is 4.21 Å². The molecule has 2 rings (SSSR count). The van der Waals surface area contributed by atoms with Gasteiger partial charge in [-0.3, -0.25) is 4.79 Å². The van der Waals surface area contributed by atoms with Gasteiger partial charge in [0.2, 0.25) is 5.91 Å². The van der Waals surface area contributed by atoms with Gasteiger partial charge in [-0.2, -0.15) is 4.31 Å². The quantitative estimate of drug-likeness (QED) is 0.886. The molecule has 0 aliphatic carbocycles. The van der Waals surface area contributed by atoms with Crippen LogP contribution in [-0.2, 0) is 14.8 Å². The Kier molecular flexibility index (Phi) is 4.65. The first-order valence-corrected chi connectivity index (χ1v) is 9.03. The van der Waals surface area contributed by atoms with Crippen molar-refractivity contribution in [2.45, 2.75) is 30.0 Å². The average molecular weight is 367 g/mol. The summed E-state index contributed by atoms with van der Waals surface area (Å²) < 4.78 is 27.3. The molecule has 1 amide bonds. The van der Waals surface area contributed by atoms with Crippen molar-refractivity contribution in [3.8, 4) is 0 Å². The van der Waals surface area contributed by atoms with Gasteiger partial charge in [0.05, 0.1) is 0 Å². The van der Waals surface area contributed by atoms with Crippen LogP contribution in [0.1, 0.15) is 19.8 Å². The summed E-state index contributed by atoms with van der Waals surface area (Å²) in [7, 11) is -3.41. The molecule has 1 saturated heterocycles. The van der Waals surface area contributed by atoms with Crippen molar-refractivity contribution in [2.75, 3.05) is 13.1 Å². The normalized spacial score (nSPS) is 18.4. The highest BCUT2D eigenvalue weighted by atomic mass is 79.9. The maximum absolute atomic E-state index is 12.4. The Morgan fingerprint density at radius 1 is 1.47 bits per heavy atom. The number of carbonyl (C=O) groups is 1. The van der Waals surface area contributed by atoms with Crippen LogP contribution in [0.2, 0.25) is 0 Å². The average Bonchev–Trinajstić information content (AvgIpc) is 2.76. The SMILES string of the molecule is CC(=O)NC1CCN(S(=O)(=O)c2sccc2Br)CC1. The molecule has 5 nitrogen and oxygen atoms in total. The van der Waals surface area contributed by atoms with Gasteiger partial charge in [0.25, 0.3) is 10.0 Å². The van der Waals surface area contributed by atoms with E-state index in [-0.39, 0.29) is 11.9 Å². The zero-order chi connectivity index (χ0) is 14.0. The molecule has 8 heteroatoms. The van der Waals surface area contributed by atoms with Gasteiger partial charge < -0.3 is 5.32 Å². The number of rotatable bonds is 3. The lowest BCUT2D eigenvalue weighted by Crippen LogP contribution is -2.45. The van der Waals surface area contributed by atoms with Crippen LogP contribution in [0.3, 0.4) is 0 Å². The number of amides is 1. The van der Waals surface area contributed by atoms with Crippen molar-refractivity contribution in [3.63, 3.8) is 0 Å². The third kappa shape index (κ3) is 3.36. The molecule has 1 fully saturated rings. The lowest BCUT2D eigenvalue weighted by atomic mass is 10.1. The van der Waals surface area contributed by atoms with Gasteiger partial charge >= 0.3 is 0 Å². The molecule has 0 radical (unpaired) electrons. The molecule has 0 spiro atoms. The first-order valence-electron chi connectivity index (χ1n) is 5.91. The molecule has 2 heterocycles. The van der Waals surface area contributed by atoms with Crippen LogP contribution in [0.15, 0.2) is 20.1 Å². The molecule has 1 aromatic heterocycles. The number of nitrogens with one attached hydrogen (secondary N) is 1. The minimum absolute atomic E-state index is 0.0673. The zero-order valence-corrected chi connectivity index (χ0v) is 13.6. The molecule has 1 aromatic rings. The Bertz CT molecular complexity index is 562. The Morgan fingerprint density at radius 3 is 2.58 bits per heavy atom. The number of carbonyl (C=O) groups excluding carboxylic acids is 1. The number of hydrogen-bond acceptors (Lipinski definition) is 4. The van der Waals surface area contributed by atoms with Crippen LogP contribution in [0.4, 0.5) is 0 Å². The largest absolute Gasteiger partial charge is 0.354 e. The molecule has 106 valence electrons. The summed E-state index contributed by atoms with van der Waals surface area (Å²) in [5.41, 5.74) is 0. The minimum atomic E-state index is -3.41. The first-order chi connectivity index (χ1) is 8.91. The lowest BCUT2D eigenvalue weighted by Gasteiger charge is -2.31. The molecular formula is C11H15BrN2O3S2. The van der Waals surface area contributed by atoms with E-state index in [0.717, 1.165) is 0 Å². The van der Waals surface area contributed by atoms with Gasteiger partial charge in [0, 0.05) is 30.5 Å². The van der Waals surface area contributed by atoms with Crippen molar-refractivity contribution in [3.05, 3.63) is 15.9 Å². The summed E-state index contributed by atoms with van der Waals surface area (Å²) in [6, 6.07) is 1.82. The fourth-order valence-electron chi connectivity index (χ4n) is 2.11. The summed E-state index contributed by atoms with van der Waals surface area (Å²) in [5.74, 6) is -0.0673. The molecule has 19 heavy (non-hydrogen) atoms. The maximum Gasteiger partial charge on any atom is 0.253 e. The topological polar surface area (TPSA) is 66.5 Å². The summed E-state index contributed by atoms with van der Waals surface area (Å²) in [4.78, 5) is 11.0. The highest BCUT2D eigenvalue weighted by Crippen LogP contribution is 2.31. The molecule has 0 saturated carbocycles. The van der Waals surface area contributed by atoms with E-state index in [1.807, 2.05) is 0 Å². The van der Waals surface area contributed by atoms with E-state index in [4.69, 9.17) is 0 Å². The number of thiophene rings is 1. The number of nitrogens with zero attached hydrogens (tertiary/aromatic N) is 1. The van der Waals surface area contributed by atoms with E-state index in [0.29, 0.717) is 34.6 Å². The van der Waals surface area contributed by atoms with E-state index in [1.165, 1.54) is 22.6 Å². The second-order valence-corrected chi connectivity index (χ2v) is 8.34. The third-order valence-electron chi connectivity index (χ3n) is 3.02. The van der Waals surface area contributed by atoms with Gasteiger partial charge in [0.15, 0.2) is 0 Å². The second-order valence-electron chi connectivity index (χ2n) is 4.43. The maximum atomic E-state index is 12.4. The summed E-state index contributed by atoms with van der Waals surface area (Å²) >= 11 is 4.48. The zero-order valence-electron chi connectivity index (χ0n) is 10.4. The smallest absolute Gasteiger partial charge is 0.253 e. The Labute approximate surface area is 125 Å². The fraction of sp³-hybridized carbons (Fsp3) is 0.545. The van der Waals surface area contributed by atoms with Crippen molar-refractivity contribution >= 4 is 43.2 Å². The predicted octanol–water partition coefficient (Wildman–Crippen LogP) is 1.80. The summed E-state index contributed by atoms with van der Waals surface area (Å²) in [6.07, 6.45) is 1.31. The second kappa shape index (κ2) is 5.90. The Balaban J connectivity index is 2.05. The van der Waals surface area contributed by atoms with Crippen molar-refractivity contribution < 1.29 is 13.2 Å². The monoisotopic (exact) mass is 366 g/mol. The highest BCUT2D eigenvalue weighted by molar-refractivity contribution is 9.10. The van der Waals surface area contributed by atoms with Crippen LogP contribution in [0.25, 0.3) is 0 Å². The van der Waals surface area contributed by atoms with Gasteiger partial charge in [-0.1, -0.05) is 0 Å². The van der Waals surface area contributed by atoms with E-state index >= 15 is 0 Å². The third-order valence-corrected chi connectivity index (χ3v) is 7.57. The fourth-order valence-corrected chi connectivity index (χ4v) is 6.03. The predicted molar refractivity (Wildman–Crippen MR) is 77.6 cm³/mol. The molecule has 0 unspecified atom stereocenters. The lowest BCUT2D eigenvalue weighted by molar-refractivity contribution is -0.119. The number of piperidine rings is 1. The Morgan fingerprint density at radius 2 is 2.11 bits per heavy atom. The van der Waals surface area contributed by atoms with Gasteiger partial charge in [-0.15, -0.1) is 11.3 Å². The molecule has 0 bridgehead atoms. The highest BCUT2D eigenvalue weighted by Gasteiger charge is 2.31. The van der Waals surface area contributed by atoms with E-state index < -0.39 is 10.0 Å². The van der Waals surface area contributed by atoms with Crippen molar-refractivity contribution in [1.29, 1.82) is 0 Å². The van der Waals surface area contributed by atoms with E-state index in [2.05, 4.69) is 21.2 Å². The van der Waals surface area contributed by atoms with Crippen LogP contribution >= 0.6 is 27.3 Å². The number of halogens is 1. The van der Waals surface area contributed by atoms with Crippen LogP contribution < -0.4 is 5.32 Å². The van der Waals surface area contributed by atoms with Gasteiger partial charge in [-0.25, -0.2) is 8.42 Å². The Hall–Kier alpha value is -0.440. The molecule has 1 aliphatic rings. The molecule has 0 atom stereocenters. The molecule has 1 aliphatic heterocycles. The molecular weight excluding hydrogens is 352 g/mol. The van der Waals surface area contributed by atoms with Gasteiger partial charge in [-0.05, 0) is 40.2 Å². The van der Waals surface area contributed by atoms with Crippen LogP contribution in [0, 0.1) is 0 Å². The number of hydrogen-bond donors (Lipinski definition) is 1. The van der Waals surface area contributed by atoms with E-state index in [1.54, 1.807) is 11.4 Å². The molecule has 0 aromatic carbocycles. The molecule has 1 N–H and O–H groups in total. The number of sulfonamides is 1. The van der Waals surface area contributed by atoms with Crippen LogP contribution in [0.5, 0.6) is 0 Å². The standard InChI is InChI=1S/C11H15BrN2O3S2/c1-8(15)13-9-2-5-14(6-3-9)19(16,17)11-10(12)4-7-18-11/h4,7,9H,2-3,5-6H2,1H3,(H,13,15). The summed E-state index contributed by atoms with van der Waals surface area (Å²) in [6.45, 7) is 2.36. The first kappa shape index (κ1) is 15.0. The van der Waals surface area contributed by atoms with Crippen molar-refractivity contribution in [2.24, 2.45) is 0 Å². The van der Waals surface area contributed by atoms with Crippen molar-refractivity contribution in [1.82, 2.24) is 9.62 Å².